The number of halogens is 1. The second-order valence-corrected chi connectivity index (χ2v) is 11.5. The van der Waals surface area contributed by atoms with Crippen molar-refractivity contribution in [1.82, 2.24) is 25.4 Å². The molecule has 11 heteroatoms. The van der Waals surface area contributed by atoms with E-state index in [9.17, 15) is 14.4 Å². The molecular weight excluding hydrogens is 580 g/mol. The molecule has 0 unspecified atom stereocenters. The van der Waals surface area contributed by atoms with E-state index in [1.807, 2.05) is 37.3 Å². The molecule has 1 aliphatic carbocycles. The van der Waals surface area contributed by atoms with Gasteiger partial charge in [-0.05, 0) is 61.1 Å². The van der Waals surface area contributed by atoms with Crippen molar-refractivity contribution in [2.24, 2.45) is 7.05 Å². The minimum absolute atomic E-state index is 0.00621. The Balaban J connectivity index is 1.29. The number of nitrogens with zero attached hydrogens (tertiary/aromatic N) is 3. The number of rotatable bonds is 8. The van der Waals surface area contributed by atoms with Gasteiger partial charge < -0.3 is 20.7 Å². The lowest BCUT2D eigenvalue weighted by molar-refractivity contribution is -0.119. The van der Waals surface area contributed by atoms with Crippen LogP contribution in [0.4, 0.5) is 5.69 Å². The lowest BCUT2D eigenvalue weighted by atomic mass is 9.96. The molecule has 4 aromatic rings. The molecule has 2 aromatic heterocycles. The summed E-state index contributed by atoms with van der Waals surface area (Å²) < 4.78 is 6.91. The number of benzene rings is 2. The van der Waals surface area contributed by atoms with Crippen molar-refractivity contribution in [3.63, 3.8) is 0 Å². The number of carbonyl (C=O) groups excluding carboxylic acids is 2. The number of amides is 2. The van der Waals surface area contributed by atoms with Crippen LogP contribution in [-0.4, -0.2) is 46.3 Å². The van der Waals surface area contributed by atoms with Crippen LogP contribution in [0.2, 0.25) is 5.02 Å². The number of anilines is 1. The zero-order chi connectivity index (χ0) is 31.0. The molecular formula is C33H33ClN6O4. The molecule has 1 aliphatic heterocycles. The maximum atomic E-state index is 13.0. The normalized spacial score (nSPS) is 17.3. The number of fused-ring (bicyclic) bond motifs is 1. The molecule has 0 bridgehead atoms. The van der Waals surface area contributed by atoms with E-state index in [0.29, 0.717) is 35.2 Å². The summed E-state index contributed by atoms with van der Waals surface area (Å²) in [6.07, 6.45) is 4.62. The molecule has 2 amide bonds. The zero-order valence-corrected chi connectivity index (χ0v) is 25.5. The summed E-state index contributed by atoms with van der Waals surface area (Å²) in [5.74, 6) is 0.159. The first kappa shape index (κ1) is 29.5. The lowest BCUT2D eigenvalue weighted by Crippen LogP contribution is -2.36. The third-order valence-electron chi connectivity index (χ3n) is 8.45. The molecule has 0 saturated carbocycles. The van der Waals surface area contributed by atoms with Crippen LogP contribution < -0.4 is 26.2 Å². The van der Waals surface area contributed by atoms with Gasteiger partial charge in [0.25, 0.3) is 11.5 Å². The second-order valence-electron chi connectivity index (χ2n) is 11.2. The predicted molar refractivity (Wildman–Crippen MR) is 169 cm³/mol. The van der Waals surface area contributed by atoms with Crippen LogP contribution in [0.5, 0.6) is 5.88 Å². The molecule has 0 spiro atoms. The van der Waals surface area contributed by atoms with Crippen LogP contribution in [0.3, 0.4) is 0 Å². The number of hydrogen-bond acceptors (Lipinski definition) is 7. The van der Waals surface area contributed by atoms with Crippen molar-refractivity contribution >= 4 is 29.1 Å². The summed E-state index contributed by atoms with van der Waals surface area (Å²) in [6.45, 7) is 2.60. The largest absolute Gasteiger partial charge is 0.481 e. The van der Waals surface area contributed by atoms with E-state index >= 15 is 0 Å². The molecule has 2 atom stereocenters. The number of nitrogens with one attached hydrogen (secondary N) is 3. The monoisotopic (exact) mass is 612 g/mol. The molecule has 44 heavy (non-hydrogen) atoms. The first-order valence-electron chi connectivity index (χ1n) is 14.6. The number of aryl methyl sites for hydroxylation is 2. The van der Waals surface area contributed by atoms with Gasteiger partial charge in [-0.25, -0.2) is 9.67 Å². The van der Waals surface area contributed by atoms with Crippen LogP contribution in [-0.2, 0) is 18.3 Å². The standard InChI is InChI=1S/C33H33ClN6O4/c1-18-21(6-5-9-25(18)38-31(42)24-14-15-36-40(2)33(24)43)22-7-4-8-23(30(22)34)27-16-19-10-12-26(29(19)32(39-27)44-3)35-17-20-11-13-28(41)37-20/h4-9,14-16,20,26,35H,10-13,17H2,1-3H3,(H,37,41)(H,38,42)/t20-,26+/m0/s1. The predicted octanol–water partition coefficient (Wildman–Crippen LogP) is 4.59. The molecule has 2 aromatic carbocycles. The number of carbonyl (C=O) groups is 2. The molecule has 0 radical (unpaired) electrons. The topological polar surface area (TPSA) is 127 Å². The van der Waals surface area contributed by atoms with Crippen molar-refractivity contribution in [3.8, 4) is 28.3 Å². The molecule has 6 rings (SSSR count). The van der Waals surface area contributed by atoms with Crippen molar-refractivity contribution in [2.75, 3.05) is 19.0 Å². The highest BCUT2D eigenvalue weighted by Crippen LogP contribution is 2.43. The molecule has 226 valence electrons. The highest BCUT2D eigenvalue weighted by Gasteiger charge is 2.30. The third kappa shape index (κ3) is 5.58. The quantitative estimate of drug-likeness (QED) is 0.266. The van der Waals surface area contributed by atoms with Gasteiger partial charge in [-0.3, -0.25) is 14.4 Å². The van der Waals surface area contributed by atoms with Crippen LogP contribution in [0.1, 0.15) is 52.4 Å². The van der Waals surface area contributed by atoms with E-state index in [-0.39, 0.29) is 23.6 Å². The highest BCUT2D eigenvalue weighted by atomic mass is 35.5. The SMILES string of the molecule is COc1nc(-c2cccc(-c3cccc(NC(=O)c4ccnn(C)c4=O)c3C)c2Cl)cc2c1[C@H](NC[C@@H]1CCC(=O)N1)CC2. The van der Waals surface area contributed by atoms with Gasteiger partial charge in [0.2, 0.25) is 11.8 Å². The van der Waals surface area contributed by atoms with Crippen LogP contribution >= 0.6 is 11.6 Å². The first-order chi connectivity index (χ1) is 21.2. The number of ether oxygens (including phenoxy) is 1. The Labute approximate surface area is 259 Å². The zero-order valence-electron chi connectivity index (χ0n) is 24.7. The van der Waals surface area contributed by atoms with Gasteiger partial charge >= 0.3 is 0 Å². The van der Waals surface area contributed by atoms with Gasteiger partial charge in [0, 0.05) is 60.7 Å². The maximum Gasteiger partial charge on any atom is 0.279 e. The number of pyridine rings is 1. The molecule has 3 N–H and O–H groups in total. The van der Waals surface area contributed by atoms with E-state index < -0.39 is 11.5 Å². The van der Waals surface area contributed by atoms with E-state index in [0.717, 1.165) is 57.3 Å². The Morgan fingerprint density at radius 3 is 2.64 bits per heavy atom. The van der Waals surface area contributed by atoms with Crippen LogP contribution in [0.15, 0.2) is 59.5 Å². The fourth-order valence-corrected chi connectivity index (χ4v) is 6.41. The van der Waals surface area contributed by atoms with Crippen LogP contribution in [0, 0.1) is 6.92 Å². The van der Waals surface area contributed by atoms with E-state index in [1.165, 1.54) is 19.3 Å². The fraction of sp³-hybridized carbons (Fsp3) is 0.303. The van der Waals surface area contributed by atoms with Crippen molar-refractivity contribution in [3.05, 3.63) is 92.4 Å². The number of methoxy groups -OCH3 is 1. The Morgan fingerprint density at radius 2 is 1.86 bits per heavy atom. The van der Waals surface area contributed by atoms with E-state index in [4.69, 9.17) is 21.3 Å². The summed E-state index contributed by atoms with van der Waals surface area (Å²) in [7, 11) is 3.13. The first-order valence-corrected chi connectivity index (χ1v) is 15.0. The average molecular weight is 613 g/mol. The summed E-state index contributed by atoms with van der Waals surface area (Å²) in [4.78, 5) is 41.9. The van der Waals surface area contributed by atoms with Gasteiger partial charge in [-0.15, -0.1) is 0 Å². The van der Waals surface area contributed by atoms with Crippen molar-refractivity contribution in [1.29, 1.82) is 0 Å². The van der Waals surface area contributed by atoms with Crippen molar-refractivity contribution < 1.29 is 14.3 Å². The summed E-state index contributed by atoms with van der Waals surface area (Å²) in [5, 5.41) is 13.9. The Morgan fingerprint density at radius 1 is 1.09 bits per heavy atom. The van der Waals surface area contributed by atoms with E-state index in [2.05, 4.69) is 27.1 Å². The molecule has 3 heterocycles. The summed E-state index contributed by atoms with van der Waals surface area (Å²) in [6, 6.07) is 15.1. The summed E-state index contributed by atoms with van der Waals surface area (Å²) in [5.41, 5.74) is 6.23. The number of aromatic nitrogens is 3. The van der Waals surface area contributed by atoms with Gasteiger partial charge in [0.15, 0.2) is 0 Å². The van der Waals surface area contributed by atoms with Crippen LogP contribution in [0.25, 0.3) is 22.4 Å². The van der Waals surface area contributed by atoms with Gasteiger partial charge in [-0.1, -0.05) is 41.9 Å². The number of hydrogen-bond donors (Lipinski definition) is 3. The molecule has 1 fully saturated rings. The highest BCUT2D eigenvalue weighted by molar-refractivity contribution is 6.36. The Kier molecular flexibility index (Phi) is 8.20. The molecule has 2 aliphatic rings. The minimum Gasteiger partial charge on any atom is -0.481 e. The Bertz CT molecular complexity index is 1840. The minimum atomic E-state index is -0.511. The summed E-state index contributed by atoms with van der Waals surface area (Å²) >= 11 is 7.09. The van der Waals surface area contributed by atoms with E-state index in [1.54, 1.807) is 13.2 Å². The van der Waals surface area contributed by atoms with Gasteiger partial charge in [0.1, 0.15) is 5.56 Å². The Hall–Kier alpha value is -4.54. The molecule has 10 nitrogen and oxygen atoms in total. The molecule has 1 saturated heterocycles. The van der Waals surface area contributed by atoms with Crippen molar-refractivity contribution in [2.45, 2.75) is 44.7 Å². The maximum absolute atomic E-state index is 13.0. The lowest BCUT2D eigenvalue weighted by Gasteiger charge is -2.20. The third-order valence-corrected chi connectivity index (χ3v) is 8.85. The van der Waals surface area contributed by atoms with Gasteiger partial charge in [0.05, 0.1) is 17.8 Å². The van der Waals surface area contributed by atoms with Gasteiger partial charge in [-0.2, -0.15) is 5.10 Å². The fourth-order valence-electron chi connectivity index (χ4n) is 6.09. The second kappa shape index (κ2) is 12.2. The smallest absolute Gasteiger partial charge is 0.279 e. The average Bonchev–Trinajstić information content (AvgIpc) is 3.63.